The third-order valence-electron chi connectivity index (χ3n) is 2.97. The second-order valence-corrected chi connectivity index (χ2v) is 5.69. The van der Waals surface area contributed by atoms with Crippen LogP contribution >= 0.6 is 11.8 Å². The van der Waals surface area contributed by atoms with Gasteiger partial charge in [0, 0.05) is 11.3 Å². The normalized spacial score (nSPS) is 16.1. The van der Waals surface area contributed by atoms with Gasteiger partial charge in [-0.2, -0.15) is 0 Å². The molecule has 0 radical (unpaired) electrons. The van der Waals surface area contributed by atoms with Crippen molar-refractivity contribution in [3.63, 3.8) is 0 Å². The average Bonchev–Trinajstić information content (AvgIpc) is 2.47. The summed E-state index contributed by atoms with van der Waals surface area (Å²) in [6, 6.07) is 3.52. The molecule has 1 saturated heterocycles. The highest BCUT2D eigenvalue weighted by Gasteiger charge is 2.14. The van der Waals surface area contributed by atoms with E-state index in [1.54, 1.807) is 37.2 Å². The molecule has 1 aromatic rings. The minimum absolute atomic E-state index is 0.0236. The number of pyridine rings is 1. The number of carbonyl (C=O) groups excluding carboxylic acids is 1. The molecule has 0 unspecified atom stereocenters. The van der Waals surface area contributed by atoms with Crippen molar-refractivity contribution in [2.45, 2.75) is 18.1 Å². The maximum absolute atomic E-state index is 11.8. The van der Waals surface area contributed by atoms with Gasteiger partial charge in [-0.3, -0.25) is 4.79 Å². The summed E-state index contributed by atoms with van der Waals surface area (Å²) in [5, 5.41) is 6.76. The van der Waals surface area contributed by atoms with Gasteiger partial charge in [0.25, 0.3) is 0 Å². The largest absolute Gasteiger partial charge is 0.481 e. The van der Waals surface area contributed by atoms with Gasteiger partial charge >= 0.3 is 0 Å². The highest BCUT2D eigenvalue weighted by Crippen LogP contribution is 2.20. The molecule has 104 valence electrons. The second kappa shape index (κ2) is 7.35. The van der Waals surface area contributed by atoms with Crippen molar-refractivity contribution >= 4 is 23.4 Å². The molecular formula is C13H19N3O2S. The van der Waals surface area contributed by atoms with E-state index in [1.807, 2.05) is 0 Å². The number of nitrogens with one attached hydrogen (secondary N) is 2. The van der Waals surface area contributed by atoms with Crippen LogP contribution in [-0.4, -0.2) is 42.1 Å². The fourth-order valence-corrected chi connectivity index (χ4v) is 2.96. The van der Waals surface area contributed by atoms with Crippen molar-refractivity contribution in [1.82, 2.24) is 10.3 Å². The lowest BCUT2D eigenvalue weighted by molar-refractivity contribution is -0.113. The van der Waals surface area contributed by atoms with Gasteiger partial charge in [-0.1, -0.05) is 0 Å². The minimum Gasteiger partial charge on any atom is -0.481 e. The zero-order valence-electron chi connectivity index (χ0n) is 11.0. The van der Waals surface area contributed by atoms with Gasteiger partial charge in [0.15, 0.2) is 0 Å². The molecule has 5 nitrogen and oxygen atoms in total. The predicted molar refractivity (Wildman–Crippen MR) is 77.8 cm³/mol. The van der Waals surface area contributed by atoms with Gasteiger partial charge in [0.05, 0.1) is 24.7 Å². The van der Waals surface area contributed by atoms with Crippen molar-refractivity contribution in [3.8, 4) is 5.88 Å². The molecule has 1 aromatic heterocycles. The maximum Gasteiger partial charge on any atom is 0.234 e. The number of ether oxygens (including phenoxy) is 1. The summed E-state index contributed by atoms with van der Waals surface area (Å²) in [6.45, 7) is 2.11. The predicted octanol–water partition coefficient (Wildman–Crippen LogP) is 1.51. The van der Waals surface area contributed by atoms with Crippen molar-refractivity contribution in [3.05, 3.63) is 18.3 Å². The lowest BCUT2D eigenvalue weighted by Crippen LogP contribution is -2.30. The van der Waals surface area contributed by atoms with E-state index in [1.165, 1.54) is 0 Å². The van der Waals surface area contributed by atoms with E-state index in [2.05, 4.69) is 15.6 Å². The summed E-state index contributed by atoms with van der Waals surface area (Å²) >= 11 is 1.74. The summed E-state index contributed by atoms with van der Waals surface area (Å²) in [5.74, 6) is 1.06. The summed E-state index contributed by atoms with van der Waals surface area (Å²) in [4.78, 5) is 15.9. The molecule has 2 N–H and O–H groups in total. The first-order valence-corrected chi connectivity index (χ1v) is 7.45. The van der Waals surface area contributed by atoms with Crippen LogP contribution < -0.4 is 15.4 Å². The van der Waals surface area contributed by atoms with Gasteiger partial charge < -0.3 is 15.4 Å². The van der Waals surface area contributed by atoms with E-state index < -0.39 is 0 Å². The zero-order valence-corrected chi connectivity index (χ0v) is 11.8. The summed E-state index contributed by atoms with van der Waals surface area (Å²) in [5.41, 5.74) is 0.705. The van der Waals surface area contributed by atoms with Crippen LogP contribution in [0.4, 0.5) is 5.69 Å². The average molecular weight is 281 g/mol. The Hall–Kier alpha value is -1.27. The van der Waals surface area contributed by atoms with E-state index in [-0.39, 0.29) is 5.91 Å². The lowest BCUT2D eigenvalue weighted by atomic mass is 10.2. The molecule has 6 heteroatoms. The zero-order chi connectivity index (χ0) is 13.5. The van der Waals surface area contributed by atoms with Crippen LogP contribution in [0.1, 0.15) is 12.8 Å². The fraction of sp³-hybridized carbons (Fsp3) is 0.538. The quantitative estimate of drug-likeness (QED) is 0.856. The number of amides is 1. The first kappa shape index (κ1) is 14.1. The molecule has 0 aromatic carbocycles. The highest BCUT2D eigenvalue weighted by molar-refractivity contribution is 8.00. The van der Waals surface area contributed by atoms with Crippen molar-refractivity contribution in [2.75, 3.05) is 31.3 Å². The Labute approximate surface area is 117 Å². The molecule has 0 spiro atoms. The fourth-order valence-electron chi connectivity index (χ4n) is 1.93. The Balaban J connectivity index is 1.73. The van der Waals surface area contributed by atoms with Gasteiger partial charge in [0.2, 0.25) is 11.8 Å². The molecule has 19 heavy (non-hydrogen) atoms. The number of thioether (sulfide) groups is 1. The first-order valence-electron chi connectivity index (χ1n) is 6.40. The monoisotopic (exact) mass is 281 g/mol. The lowest BCUT2D eigenvalue weighted by Gasteiger charge is -2.21. The van der Waals surface area contributed by atoms with Crippen LogP contribution in [0.2, 0.25) is 0 Å². The number of hydrogen-bond donors (Lipinski definition) is 2. The summed E-state index contributed by atoms with van der Waals surface area (Å²) in [6.07, 6.45) is 3.88. The van der Waals surface area contributed by atoms with E-state index in [9.17, 15) is 4.79 Å². The smallest absolute Gasteiger partial charge is 0.234 e. The van der Waals surface area contributed by atoms with Gasteiger partial charge in [-0.15, -0.1) is 11.8 Å². The Morgan fingerprint density at radius 1 is 1.53 bits per heavy atom. The molecule has 0 aliphatic carbocycles. The molecule has 0 atom stereocenters. The van der Waals surface area contributed by atoms with Crippen LogP contribution in [-0.2, 0) is 4.79 Å². The number of aromatic nitrogens is 1. The number of methoxy groups -OCH3 is 1. The topological polar surface area (TPSA) is 63.2 Å². The second-order valence-electron chi connectivity index (χ2n) is 4.40. The number of carbonyl (C=O) groups is 1. The number of anilines is 1. The van der Waals surface area contributed by atoms with E-state index in [4.69, 9.17) is 4.74 Å². The van der Waals surface area contributed by atoms with Crippen LogP contribution in [0.3, 0.4) is 0 Å². The van der Waals surface area contributed by atoms with E-state index in [0.717, 1.165) is 25.9 Å². The highest BCUT2D eigenvalue weighted by atomic mass is 32.2. The van der Waals surface area contributed by atoms with E-state index in [0.29, 0.717) is 22.6 Å². The molecule has 1 amide bonds. The van der Waals surface area contributed by atoms with Crippen molar-refractivity contribution < 1.29 is 9.53 Å². The molecule has 1 fully saturated rings. The third kappa shape index (κ3) is 4.72. The molecule has 2 rings (SSSR count). The van der Waals surface area contributed by atoms with Crippen molar-refractivity contribution in [2.24, 2.45) is 0 Å². The Morgan fingerprint density at radius 3 is 2.95 bits per heavy atom. The third-order valence-corrected chi connectivity index (χ3v) is 4.34. The van der Waals surface area contributed by atoms with Crippen LogP contribution in [0.25, 0.3) is 0 Å². The molecule has 1 aliphatic heterocycles. The Bertz CT molecular complexity index is 405. The SMILES string of the molecule is COc1ccc(NC(=O)CSC2CCNCC2)cn1. The Morgan fingerprint density at radius 2 is 2.32 bits per heavy atom. The number of hydrogen-bond acceptors (Lipinski definition) is 5. The van der Waals surface area contributed by atoms with Crippen molar-refractivity contribution in [1.29, 1.82) is 0 Å². The standard InChI is InChI=1S/C13H19N3O2S/c1-18-13-3-2-10(8-15-13)16-12(17)9-19-11-4-6-14-7-5-11/h2-3,8,11,14H,4-7,9H2,1H3,(H,16,17). The van der Waals surface area contributed by atoms with Gasteiger partial charge in [-0.25, -0.2) is 4.98 Å². The van der Waals surface area contributed by atoms with Gasteiger partial charge in [0.1, 0.15) is 0 Å². The number of rotatable bonds is 5. The maximum atomic E-state index is 11.8. The summed E-state index contributed by atoms with van der Waals surface area (Å²) in [7, 11) is 1.57. The van der Waals surface area contributed by atoms with E-state index >= 15 is 0 Å². The van der Waals surface area contributed by atoms with Crippen LogP contribution in [0, 0.1) is 0 Å². The van der Waals surface area contributed by atoms with Crippen LogP contribution in [0.5, 0.6) is 5.88 Å². The summed E-state index contributed by atoms with van der Waals surface area (Å²) < 4.78 is 4.97. The Kier molecular flexibility index (Phi) is 5.47. The van der Waals surface area contributed by atoms with Crippen LogP contribution in [0.15, 0.2) is 18.3 Å². The molecule has 0 saturated carbocycles. The molecular weight excluding hydrogens is 262 g/mol. The molecule has 0 bridgehead atoms. The number of nitrogens with zero attached hydrogens (tertiary/aromatic N) is 1. The number of piperidine rings is 1. The minimum atomic E-state index is 0.0236. The first-order chi connectivity index (χ1) is 9.28. The molecule has 2 heterocycles. The van der Waals surface area contributed by atoms with Gasteiger partial charge in [-0.05, 0) is 32.0 Å². The molecule has 1 aliphatic rings.